The largest absolute Gasteiger partial charge is 0.356 e. The summed E-state index contributed by atoms with van der Waals surface area (Å²) in [5.74, 6) is 0.835. The Bertz CT molecular complexity index is 583. The number of carbonyl (C=O) groups is 1. The van der Waals surface area contributed by atoms with Crippen LogP contribution in [0.15, 0.2) is 4.99 Å². The average Bonchev–Trinajstić information content (AvgIpc) is 3.17. The summed E-state index contributed by atoms with van der Waals surface area (Å²) in [5, 5.41) is 9.35. The fraction of sp³-hybridized carbons (Fsp3) is 0.882. The zero-order valence-electron chi connectivity index (χ0n) is 15.4. The Balaban J connectivity index is 1.66. The molecular formula is C17H32N4O3S. The van der Waals surface area contributed by atoms with Crippen LogP contribution >= 0.6 is 0 Å². The molecule has 1 atom stereocenters. The molecule has 3 N–H and O–H groups in total. The van der Waals surface area contributed by atoms with Crippen molar-refractivity contribution in [1.29, 1.82) is 0 Å². The predicted octanol–water partition coefficient (Wildman–Crippen LogP) is 0.815. The van der Waals surface area contributed by atoms with Crippen LogP contribution in [0, 0.1) is 5.41 Å². The zero-order chi connectivity index (χ0) is 18.3. The molecule has 1 aliphatic carbocycles. The van der Waals surface area contributed by atoms with Crippen molar-refractivity contribution in [2.24, 2.45) is 10.4 Å². The number of amides is 1. The summed E-state index contributed by atoms with van der Waals surface area (Å²) in [6.45, 7) is 3.64. The number of carbonyl (C=O) groups excluding carboxylic acids is 1. The molecule has 1 saturated carbocycles. The molecule has 0 bridgehead atoms. The number of hydrogen-bond donors (Lipinski definition) is 3. The van der Waals surface area contributed by atoms with Gasteiger partial charge in [0.2, 0.25) is 5.91 Å². The zero-order valence-corrected chi connectivity index (χ0v) is 16.3. The molecule has 2 rings (SSSR count). The third-order valence-electron chi connectivity index (χ3n) is 5.51. The molecule has 0 aromatic rings. The van der Waals surface area contributed by atoms with Crippen molar-refractivity contribution in [3.8, 4) is 0 Å². The molecule has 144 valence electrons. The lowest BCUT2D eigenvalue weighted by Crippen LogP contribution is -2.44. The van der Waals surface area contributed by atoms with Crippen LogP contribution in [0.2, 0.25) is 0 Å². The lowest BCUT2D eigenvalue weighted by Gasteiger charge is -2.28. The normalized spacial score (nSPS) is 24.9. The van der Waals surface area contributed by atoms with Gasteiger partial charge in [-0.3, -0.25) is 9.79 Å². The van der Waals surface area contributed by atoms with Gasteiger partial charge in [0.1, 0.15) is 0 Å². The fourth-order valence-electron chi connectivity index (χ4n) is 3.78. The Labute approximate surface area is 151 Å². The van der Waals surface area contributed by atoms with Gasteiger partial charge in [-0.15, -0.1) is 0 Å². The molecule has 1 unspecified atom stereocenters. The number of guanidine groups is 1. The highest BCUT2D eigenvalue weighted by Crippen LogP contribution is 2.40. The summed E-state index contributed by atoms with van der Waals surface area (Å²) < 4.78 is 22.8. The standard InChI is InChI=1S/C17H32N4O3S/c1-3-17(8-4-5-9-17)13-20-16(18-2)19-10-6-15(22)21-14-7-11-25(23,24)12-14/h14H,3-13H2,1-2H3,(H,21,22)(H2,18,19,20). The highest BCUT2D eigenvalue weighted by molar-refractivity contribution is 7.91. The molecule has 1 saturated heterocycles. The van der Waals surface area contributed by atoms with Gasteiger partial charge in [0, 0.05) is 32.6 Å². The van der Waals surface area contributed by atoms with Crippen LogP contribution in [0.1, 0.15) is 51.9 Å². The molecule has 25 heavy (non-hydrogen) atoms. The summed E-state index contributed by atoms with van der Waals surface area (Å²) >= 11 is 0. The van der Waals surface area contributed by atoms with Crippen LogP contribution in [-0.4, -0.2) is 58.0 Å². The van der Waals surface area contributed by atoms with Crippen LogP contribution in [0.25, 0.3) is 0 Å². The van der Waals surface area contributed by atoms with E-state index in [0.29, 0.717) is 24.8 Å². The Morgan fingerprint density at radius 3 is 2.52 bits per heavy atom. The minimum Gasteiger partial charge on any atom is -0.356 e. The molecule has 0 radical (unpaired) electrons. The number of rotatable bonds is 7. The van der Waals surface area contributed by atoms with E-state index in [0.717, 1.165) is 12.5 Å². The van der Waals surface area contributed by atoms with Crippen LogP contribution in [-0.2, 0) is 14.6 Å². The van der Waals surface area contributed by atoms with Gasteiger partial charge in [-0.1, -0.05) is 19.8 Å². The third kappa shape index (κ3) is 6.17. The van der Waals surface area contributed by atoms with E-state index in [1.54, 1.807) is 7.05 Å². The minimum atomic E-state index is -2.96. The van der Waals surface area contributed by atoms with Crippen LogP contribution in [0.4, 0.5) is 0 Å². The van der Waals surface area contributed by atoms with Gasteiger partial charge < -0.3 is 16.0 Å². The summed E-state index contributed by atoms with van der Waals surface area (Å²) in [6.07, 6.45) is 7.13. The molecule has 0 aromatic carbocycles. The number of nitrogens with one attached hydrogen (secondary N) is 3. The Hall–Kier alpha value is -1.31. The van der Waals surface area contributed by atoms with E-state index in [1.807, 2.05) is 0 Å². The molecular weight excluding hydrogens is 340 g/mol. The summed E-state index contributed by atoms with van der Waals surface area (Å²) in [5.41, 5.74) is 0.378. The van der Waals surface area contributed by atoms with Crippen molar-refractivity contribution >= 4 is 21.7 Å². The summed E-state index contributed by atoms with van der Waals surface area (Å²) in [6, 6.07) is -0.235. The molecule has 2 aliphatic rings. The second-order valence-electron chi connectivity index (χ2n) is 7.33. The molecule has 0 aromatic heterocycles. The maximum Gasteiger partial charge on any atom is 0.222 e. The van der Waals surface area contributed by atoms with Crippen molar-refractivity contribution < 1.29 is 13.2 Å². The maximum atomic E-state index is 11.9. The van der Waals surface area contributed by atoms with Crippen LogP contribution < -0.4 is 16.0 Å². The Morgan fingerprint density at radius 2 is 1.96 bits per heavy atom. The van der Waals surface area contributed by atoms with Gasteiger partial charge in [-0.05, 0) is 31.1 Å². The molecule has 1 heterocycles. The van der Waals surface area contributed by atoms with E-state index < -0.39 is 9.84 Å². The lowest BCUT2D eigenvalue weighted by molar-refractivity contribution is -0.121. The number of nitrogens with zero attached hydrogens (tertiary/aromatic N) is 1. The van der Waals surface area contributed by atoms with E-state index in [1.165, 1.54) is 32.1 Å². The van der Waals surface area contributed by atoms with E-state index in [9.17, 15) is 13.2 Å². The quantitative estimate of drug-likeness (QED) is 0.454. The predicted molar refractivity (Wildman–Crippen MR) is 100 cm³/mol. The second kappa shape index (κ2) is 8.87. The monoisotopic (exact) mass is 372 g/mol. The van der Waals surface area contributed by atoms with Gasteiger partial charge in [0.05, 0.1) is 11.5 Å². The van der Waals surface area contributed by atoms with Crippen LogP contribution in [0.5, 0.6) is 0 Å². The summed E-state index contributed by atoms with van der Waals surface area (Å²) in [7, 11) is -1.23. The number of aliphatic imine (C=N–C) groups is 1. The smallest absolute Gasteiger partial charge is 0.222 e. The third-order valence-corrected chi connectivity index (χ3v) is 7.28. The number of hydrogen-bond acceptors (Lipinski definition) is 4. The van der Waals surface area contributed by atoms with Gasteiger partial charge in [-0.25, -0.2) is 8.42 Å². The van der Waals surface area contributed by atoms with E-state index in [-0.39, 0.29) is 23.5 Å². The van der Waals surface area contributed by atoms with E-state index in [4.69, 9.17) is 0 Å². The first-order valence-corrected chi connectivity index (χ1v) is 11.1. The first kappa shape index (κ1) is 20.0. The van der Waals surface area contributed by atoms with Crippen molar-refractivity contribution in [3.05, 3.63) is 0 Å². The van der Waals surface area contributed by atoms with E-state index in [2.05, 4.69) is 27.9 Å². The van der Waals surface area contributed by atoms with Crippen molar-refractivity contribution in [3.63, 3.8) is 0 Å². The van der Waals surface area contributed by atoms with Crippen LogP contribution in [0.3, 0.4) is 0 Å². The Morgan fingerprint density at radius 1 is 1.24 bits per heavy atom. The highest BCUT2D eigenvalue weighted by Gasteiger charge is 2.32. The Kier molecular flexibility index (Phi) is 7.10. The van der Waals surface area contributed by atoms with Gasteiger partial charge >= 0.3 is 0 Å². The summed E-state index contributed by atoms with van der Waals surface area (Å²) in [4.78, 5) is 16.2. The average molecular weight is 373 g/mol. The highest BCUT2D eigenvalue weighted by atomic mass is 32.2. The van der Waals surface area contributed by atoms with Gasteiger partial charge in [0.15, 0.2) is 15.8 Å². The van der Waals surface area contributed by atoms with Crippen molar-refractivity contribution in [2.45, 2.75) is 57.9 Å². The minimum absolute atomic E-state index is 0.0640. The molecule has 0 spiro atoms. The molecule has 2 fully saturated rings. The number of sulfone groups is 1. The molecule has 1 aliphatic heterocycles. The SMILES string of the molecule is CCC1(CNC(=NC)NCCC(=O)NC2CCS(=O)(=O)C2)CCCC1. The lowest BCUT2D eigenvalue weighted by atomic mass is 9.83. The van der Waals surface area contributed by atoms with Crippen molar-refractivity contribution in [1.82, 2.24) is 16.0 Å². The van der Waals surface area contributed by atoms with E-state index >= 15 is 0 Å². The fourth-order valence-corrected chi connectivity index (χ4v) is 5.45. The first-order chi connectivity index (χ1) is 11.9. The molecule has 1 amide bonds. The first-order valence-electron chi connectivity index (χ1n) is 9.32. The van der Waals surface area contributed by atoms with Gasteiger partial charge in [-0.2, -0.15) is 0 Å². The molecule has 8 heteroatoms. The van der Waals surface area contributed by atoms with Crippen molar-refractivity contribution in [2.75, 3.05) is 31.6 Å². The second-order valence-corrected chi connectivity index (χ2v) is 9.56. The van der Waals surface area contributed by atoms with Gasteiger partial charge in [0.25, 0.3) is 0 Å². The topological polar surface area (TPSA) is 99.7 Å². The maximum absolute atomic E-state index is 11.9. The molecule has 7 nitrogen and oxygen atoms in total.